The molecular weight excluding hydrogens is 632 g/mol. The number of aliphatic carboxylic acids is 2. The lowest BCUT2D eigenvalue weighted by Crippen LogP contribution is -2.45. The zero-order valence-corrected chi connectivity index (χ0v) is 26.7. The van der Waals surface area contributed by atoms with E-state index in [0.717, 1.165) is 44.7 Å². The van der Waals surface area contributed by atoms with Gasteiger partial charge in [-0.2, -0.15) is 0 Å². The Hall–Kier alpha value is -5.54. The molecule has 5 aromatic rings. The van der Waals surface area contributed by atoms with Crippen LogP contribution in [0.3, 0.4) is 0 Å². The summed E-state index contributed by atoms with van der Waals surface area (Å²) in [6, 6.07) is 30.6. The Kier molecular flexibility index (Phi) is 10.1. The highest BCUT2D eigenvalue weighted by Gasteiger charge is 2.31. The number of aromatic nitrogens is 1. The number of fused-ring (bicyclic) bond motifs is 2. The van der Waals surface area contributed by atoms with E-state index >= 15 is 0 Å². The van der Waals surface area contributed by atoms with E-state index in [-0.39, 0.29) is 13.0 Å². The molecule has 244 valence electrons. The minimum atomic E-state index is -1.07. The lowest BCUT2D eigenvalue weighted by molar-refractivity contribution is -0.145. The van der Waals surface area contributed by atoms with Crippen LogP contribution in [0.4, 0.5) is 5.69 Å². The van der Waals surface area contributed by atoms with Crippen molar-refractivity contribution in [3.05, 3.63) is 124 Å². The van der Waals surface area contributed by atoms with Gasteiger partial charge in [-0.1, -0.05) is 72.3 Å². The van der Waals surface area contributed by atoms with Crippen molar-refractivity contribution < 1.29 is 34.0 Å². The van der Waals surface area contributed by atoms with Gasteiger partial charge in [-0.25, -0.2) is 9.78 Å². The molecule has 6 rings (SSSR count). The number of rotatable bonds is 13. The van der Waals surface area contributed by atoms with Crippen LogP contribution in [0, 0.1) is 0 Å². The number of halogens is 1. The van der Waals surface area contributed by atoms with Crippen LogP contribution in [0.5, 0.6) is 17.2 Å². The largest absolute Gasteiger partial charge is 0.489 e. The number of hydrogen-bond donors (Lipinski definition) is 2. The average Bonchev–Trinajstić information content (AvgIpc) is 3.09. The van der Waals surface area contributed by atoms with E-state index in [1.54, 1.807) is 0 Å². The fraction of sp³-hybridized carbons (Fsp3) is 0.184. The summed E-state index contributed by atoms with van der Waals surface area (Å²) in [6.07, 6.45) is 3.15. The van der Waals surface area contributed by atoms with Gasteiger partial charge < -0.3 is 29.3 Å². The van der Waals surface area contributed by atoms with E-state index in [2.05, 4.69) is 4.98 Å². The molecule has 1 aliphatic rings. The maximum Gasteiger partial charge on any atom is 0.346 e. The Labute approximate surface area is 282 Å². The first kappa shape index (κ1) is 32.4. The second-order valence-electron chi connectivity index (χ2n) is 11.4. The first-order valence-electron chi connectivity index (χ1n) is 15.5. The molecule has 0 fully saturated rings. The Morgan fingerprint density at radius 2 is 1.69 bits per heavy atom. The summed E-state index contributed by atoms with van der Waals surface area (Å²) in [5.74, 6) is -0.0631. The number of para-hydroxylation sites is 1. The van der Waals surface area contributed by atoms with E-state index < -0.39 is 18.0 Å². The number of hydrogen-bond acceptors (Lipinski definition) is 7. The van der Waals surface area contributed by atoms with Gasteiger partial charge in [0.05, 0.1) is 23.4 Å². The highest BCUT2D eigenvalue weighted by atomic mass is 35.5. The molecule has 1 unspecified atom stereocenters. The normalized spacial score (nSPS) is 14.0. The van der Waals surface area contributed by atoms with Crippen LogP contribution >= 0.6 is 11.6 Å². The van der Waals surface area contributed by atoms with Crippen molar-refractivity contribution in [1.82, 2.24) is 4.98 Å². The summed E-state index contributed by atoms with van der Waals surface area (Å²) >= 11 is 6.12. The lowest BCUT2D eigenvalue weighted by atomic mass is 10.1. The van der Waals surface area contributed by atoms with Crippen molar-refractivity contribution in [3.8, 4) is 17.2 Å². The van der Waals surface area contributed by atoms with Crippen molar-refractivity contribution in [2.24, 2.45) is 0 Å². The molecule has 0 bridgehead atoms. The first-order chi connectivity index (χ1) is 23.3. The summed E-state index contributed by atoms with van der Waals surface area (Å²) in [5.41, 5.74) is 4.98. The Morgan fingerprint density at radius 1 is 0.896 bits per heavy atom. The quantitative estimate of drug-likeness (QED) is 0.122. The standard InChI is InChI=1S/C38H33ClN2O7/c39-29-15-13-27-14-16-30(40-33(27)21-29)24-47-32-6-1-4-26(20-32)23-46-31-17-10-25(11-18-31)9-12-28-5-2-7-34-37(28)48-35(38(44)45)22-41(34)19-3-8-36(42)43/h1-2,4-7,9-18,20-21,35H,3,8,19,22-24H2,(H,42,43)(H,44,45)/b12-9+. The maximum atomic E-state index is 11.8. The van der Waals surface area contributed by atoms with Gasteiger partial charge in [0.25, 0.3) is 0 Å². The second-order valence-corrected chi connectivity index (χ2v) is 11.8. The van der Waals surface area contributed by atoms with Crippen LogP contribution in [-0.4, -0.2) is 46.3 Å². The molecule has 0 radical (unpaired) electrons. The molecule has 0 aliphatic carbocycles. The van der Waals surface area contributed by atoms with Gasteiger partial charge in [0.15, 0.2) is 5.75 Å². The zero-order valence-electron chi connectivity index (χ0n) is 25.9. The summed E-state index contributed by atoms with van der Waals surface area (Å²) < 4.78 is 17.9. The number of ether oxygens (including phenoxy) is 3. The molecule has 0 amide bonds. The van der Waals surface area contributed by atoms with Crippen LogP contribution in [0.25, 0.3) is 23.1 Å². The van der Waals surface area contributed by atoms with Crippen molar-refractivity contribution in [2.75, 3.05) is 18.0 Å². The molecule has 9 nitrogen and oxygen atoms in total. The predicted molar refractivity (Wildman–Crippen MR) is 185 cm³/mol. The molecule has 1 aromatic heterocycles. The van der Waals surface area contributed by atoms with Gasteiger partial charge in [-0.15, -0.1) is 0 Å². The topological polar surface area (TPSA) is 118 Å². The van der Waals surface area contributed by atoms with E-state index in [1.165, 1.54) is 0 Å². The molecule has 0 saturated carbocycles. The summed E-state index contributed by atoms with van der Waals surface area (Å²) in [6.45, 7) is 1.25. The third kappa shape index (κ3) is 8.24. The average molecular weight is 665 g/mol. The van der Waals surface area contributed by atoms with Gasteiger partial charge in [-0.05, 0) is 66.1 Å². The van der Waals surface area contributed by atoms with Gasteiger partial charge >= 0.3 is 11.9 Å². The summed E-state index contributed by atoms with van der Waals surface area (Å²) in [5, 5.41) is 20.4. The molecule has 0 spiro atoms. The fourth-order valence-corrected chi connectivity index (χ4v) is 5.58. The van der Waals surface area contributed by atoms with Crippen LogP contribution < -0.4 is 19.1 Å². The number of carboxylic acid groups (broad SMARTS) is 2. The Balaban J connectivity index is 1.06. The summed E-state index contributed by atoms with van der Waals surface area (Å²) in [4.78, 5) is 29.3. The Morgan fingerprint density at radius 3 is 2.50 bits per heavy atom. The monoisotopic (exact) mass is 664 g/mol. The molecular formula is C38H33ClN2O7. The van der Waals surface area contributed by atoms with Crippen molar-refractivity contribution in [2.45, 2.75) is 32.2 Å². The fourth-order valence-electron chi connectivity index (χ4n) is 5.41. The van der Waals surface area contributed by atoms with Crippen LogP contribution in [0.2, 0.25) is 5.02 Å². The van der Waals surface area contributed by atoms with E-state index in [1.807, 2.05) is 114 Å². The van der Waals surface area contributed by atoms with E-state index in [0.29, 0.717) is 42.7 Å². The molecule has 1 atom stereocenters. The van der Waals surface area contributed by atoms with Gasteiger partial charge in [-0.3, -0.25) is 4.79 Å². The van der Waals surface area contributed by atoms with Crippen LogP contribution in [0.15, 0.2) is 97.1 Å². The number of carboxylic acids is 2. The molecule has 2 N–H and O–H groups in total. The minimum Gasteiger partial charge on any atom is -0.489 e. The molecule has 1 aliphatic heterocycles. The van der Waals surface area contributed by atoms with Gasteiger partial charge in [0, 0.05) is 28.9 Å². The molecule has 10 heteroatoms. The van der Waals surface area contributed by atoms with Gasteiger partial charge in [0.2, 0.25) is 6.10 Å². The van der Waals surface area contributed by atoms with Crippen molar-refractivity contribution in [1.29, 1.82) is 0 Å². The maximum absolute atomic E-state index is 11.8. The first-order valence-corrected chi connectivity index (χ1v) is 15.9. The third-order valence-corrected chi connectivity index (χ3v) is 8.08. The number of nitrogens with zero attached hydrogens (tertiary/aromatic N) is 2. The zero-order chi connectivity index (χ0) is 33.5. The Bertz CT molecular complexity index is 1960. The SMILES string of the molecule is O=C(O)CCCN1CC(C(=O)O)Oc2c(/C=C/c3ccc(OCc4cccc(OCc5ccc6ccc(Cl)cc6n5)c4)cc3)cccc21. The second kappa shape index (κ2) is 14.9. The van der Waals surface area contributed by atoms with E-state index in [9.17, 15) is 14.7 Å². The molecule has 48 heavy (non-hydrogen) atoms. The molecule has 2 heterocycles. The highest BCUT2D eigenvalue weighted by molar-refractivity contribution is 6.31. The molecule has 4 aromatic carbocycles. The third-order valence-electron chi connectivity index (χ3n) is 7.84. The van der Waals surface area contributed by atoms with Crippen molar-refractivity contribution >= 4 is 52.3 Å². The number of anilines is 1. The minimum absolute atomic E-state index is 0.00579. The molecule has 0 saturated heterocycles. The van der Waals surface area contributed by atoms with Crippen LogP contribution in [0.1, 0.15) is 35.2 Å². The van der Waals surface area contributed by atoms with Crippen LogP contribution in [-0.2, 0) is 22.8 Å². The van der Waals surface area contributed by atoms with Gasteiger partial charge in [0.1, 0.15) is 24.7 Å². The van der Waals surface area contributed by atoms with E-state index in [4.69, 9.17) is 30.9 Å². The smallest absolute Gasteiger partial charge is 0.346 e. The number of benzene rings is 4. The number of pyridine rings is 1. The predicted octanol–water partition coefficient (Wildman–Crippen LogP) is 7.73. The van der Waals surface area contributed by atoms with Crippen molar-refractivity contribution in [3.63, 3.8) is 0 Å². The summed E-state index contributed by atoms with van der Waals surface area (Å²) in [7, 11) is 0. The lowest BCUT2D eigenvalue weighted by Gasteiger charge is -2.35. The highest BCUT2D eigenvalue weighted by Crippen LogP contribution is 2.38. The number of carbonyl (C=O) groups is 2.